The van der Waals surface area contributed by atoms with Gasteiger partial charge in [-0.3, -0.25) is 9.59 Å². The summed E-state index contributed by atoms with van der Waals surface area (Å²) in [4.78, 5) is 27.2. The van der Waals surface area contributed by atoms with Crippen molar-refractivity contribution in [3.05, 3.63) is 65.2 Å². The number of aliphatic hydroxyl groups excluding tert-OH is 1. The van der Waals surface area contributed by atoms with Gasteiger partial charge in [-0.15, -0.1) is 0 Å². The molecule has 2 aromatic rings. The van der Waals surface area contributed by atoms with Gasteiger partial charge in [0.1, 0.15) is 17.3 Å². The van der Waals surface area contributed by atoms with Crippen molar-refractivity contribution in [2.75, 3.05) is 13.2 Å². The van der Waals surface area contributed by atoms with E-state index in [0.717, 1.165) is 0 Å². The highest BCUT2D eigenvalue weighted by molar-refractivity contribution is 6.46. The summed E-state index contributed by atoms with van der Waals surface area (Å²) in [6.45, 7) is 7.99. The summed E-state index contributed by atoms with van der Waals surface area (Å²) < 4.78 is 11.2. The molecule has 3 rings (SSSR count). The molecule has 7 heteroatoms. The maximum Gasteiger partial charge on any atom is 0.295 e. The lowest BCUT2D eigenvalue weighted by molar-refractivity contribution is -0.140. The number of carbonyl (C=O) groups is 2. The Hall–Kier alpha value is -3.32. The number of likely N-dealkylation sites (tertiary alicyclic amines) is 1. The van der Waals surface area contributed by atoms with Crippen LogP contribution in [-0.4, -0.2) is 52.2 Å². The largest absolute Gasteiger partial charge is 0.508 e. The number of aliphatic hydroxyl groups is 1. The quantitative estimate of drug-likeness (QED) is 0.366. The Bertz CT molecular complexity index is 1010. The molecule has 0 saturated carbocycles. The molecule has 1 heterocycles. The maximum atomic E-state index is 13.0. The zero-order valence-electron chi connectivity index (χ0n) is 18.7. The molecule has 0 bridgehead atoms. The van der Waals surface area contributed by atoms with Crippen molar-refractivity contribution in [1.29, 1.82) is 0 Å². The molecule has 170 valence electrons. The second kappa shape index (κ2) is 9.87. The van der Waals surface area contributed by atoms with Crippen molar-refractivity contribution in [2.45, 2.75) is 45.9 Å². The molecule has 2 N–H and O–H groups in total. The van der Waals surface area contributed by atoms with Gasteiger partial charge >= 0.3 is 0 Å². The zero-order chi connectivity index (χ0) is 23.4. The number of phenolic OH excluding ortho intramolecular Hbond substituents is 1. The molecule has 0 aliphatic carbocycles. The first-order valence-electron chi connectivity index (χ1n) is 10.6. The van der Waals surface area contributed by atoms with Gasteiger partial charge < -0.3 is 24.6 Å². The van der Waals surface area contributed by atoms with Crippen LogP contribution in [0.4, 0.5) is 0 Å². The molecular weight excluding hydrogens is 410 g/mol. The van der Waals surface area contributed by atoms with Crippen LogP contribution in [0.25, 0.3) is 5.76 Å². The monoisotopic (exact) mass is 439 g/mol. The number of hydrogen-bond acceptors (Lipinski definition) is 6. The number of carbonyl (C=O) groups excluding carboxylic acids is 2. The van der Waals surface area contributed by atoms with Crippen molar-refractivity contribution < 1.29 is 29.3 Å². The summed E-state index contributed by atoms with van der Waals surface area (Å²) in [6, 6.07) is 12.2. The van der Waals surface area contributed by atoms with Crippen molar-refractivity contribution in [3.8, 4) is 11.5 Å². The van der Waals surface area contributed by atoms with Crippen LogP contribution < -0.4 is 4.74 Å². The average Bonchev–Trinajstić information content (AvgIpc) is 2.98. The number of rotatable bonds is 8. The van der Waals surface area contributed by atoms with E-state index in [-0.39, 0.29) is 42.4 Å². The molecule has 1 saturated heterocycles. The van der Waals surface area contributed by atoms with E-state index >= 15 is 0 Å². The van der Waals surface area contributed by atoms with Crippen LogP contribution in [0.5, 0.6) is 11.5 Å². The van der Waals surface area contributed by atoms with Crippen LogP contribution in [0, 0.1) is 0 Å². The number of hydrogen-bond donors (Lipinski definition) is 2. The third-order valence-corrected chi connectivity index (χ3v) is 5.01. The zero-order valence-corrected chi connectivity index (χ0v) is 18.7. The van der Waals surface area contributed by atoms with Crippen LogP contribution in [-0.2, 0) is 14.3 Å². The predicted molar refractivity (Wildman–Crippen MR) is 120 cm³/mol. The second-order valence-corrected chi connectivity index (χ2v) is 8.20. The first-order chi connectivity index (χ1) is 15.2. The highest BCUT2D eigenvalue weighted by Gasteiger charge is 2.46. The summed E-state index contributed by atoms with van der Waals surface area (Å²) in [7, 11) is 0. The van der Waals surface area contributed by atoms with E-state index < -0.39 is 17.7 Å². The van der Waals surface area contributed by atoms with Gasteiger partial charge in [-0.05, 0) is 69.7 Å². The molecule has 1 atom stereocenters. The Kier molecular flexibility index (Phi) is 7.20. The minimum absolute atomic E-state index is 0.00131. The molecule has 0 radical (unpaired) electrons. The van der Waals surface area contributed by atoms with E-state index in [1.807, 2.05) is 27.7 Å². The second-order valence-electron chi connectivity index (χ2n) is 8.20. The van der Waals surface area contributed by atoms with Crippen LogP contribution in [0.15, 0.2) is 54.1 Å². The standard InChI is InChI=1S/C25H29NO6/c1-15(2)31-13-12-26-22(18-6-5-7-19(27)14-18)21(24(29)25(26)30)23(28)17-8-10-20(11-9-17)32-16(3)4/h5-11,14-16,22,27-28H,12-13H2,1-4H3/b23-21-. The number of aromatic hydroxyl groups is 1. The fourth-order valence-corrected chi connectivity index (χ4v) is 3.66. The minimum atomic E-state index is -0.843. The average molecular weight is 440 g/mol. The van der Waals surface area contributed by atoms with Gasteiger partial charge in [-0.1, -0.05) is 12.1 Å². The Morgan fingerprint density at radius 1 is 1.03 bits per heavy atom. The number of ether oxygens (including phenoxy) is 2. The van der Waals surface area contributed by atoms with Crippen LogP contribution in [0.3, 0.4) is 0 Å². The minimum Gasteiger partial charge on any atom is -0.508 e. The van der Waals surface area contributed by atoms with E-state index in [1.165, 1.54) is 17.0 Å². The maximum absolute atomic E-state index is 13.0. The van der Waals surface area contributed by atoms with Gasteiger partial charge in [0.25, 0.3) is 11.7 Å². The Morgan fingerprint density at radius 2 is 1.72 bits per heavy atom. The Morgan fingerprint density at radius 3 is 2.31 bits per heavy atom. The van der Waals surface area contributed by atoms with Crippen LogP contribution in [0.2, 0.25) is 0 Å². The molecule has 1 unspecified atom stereocenters. The number of benzene rings is 2. The van der Waals surface area contributed by atoms with Gasteiger partial charge in [0.15, 0.2) is 0 Å². The van der Waals surface area contributed by atoms with Gasteiger partial charge in [0, 0.05) is 12.1 Å². The van der Waals surface area contributed by atoms with Crippen LogP contribution >= 0.6 is 0 Å². The topological polar surface area (TPSA) is 96.3 Å². The predicted octanol–water partition coefficient (Wildman–Crippen LogP) is 4.03. The van der Waals surface area contributed by atoms with Gasteiger partial charge in [-0.2, -0.15) is 0 Å². The van der Waals surface area contributed by atoms with E-state index in [1.54, 1.807) is 36.4 Å². The number of phenols is 1. The molecule has 2 aromatic carbocycles. The van der Waals surface area contributed by atoms with Crippen LogP contribution in [0.1, 0.15) is 44.9 Å². The Balaban J connectivity index is 2.04. The van der Waals surface area contributed by atoms with Crippen molar-refractivity contribution in [1.82, 2.24) is 4.90 Å². The SMILES string of the molecule is CC(C)OCCN1C(=O)C(=O)/C(=C(\O)c2ccc(OC(C)C)cc2)C1c1cccc(O)c1. The lowest BCUT2D eigenvalue weighted by atomic mass is 9.95. The van der Waals surface area contributed by atoms with Gasteiger partial charge in [0.05, 0.1) is 30.4 Å². The van der Waals surface area contributed by atoms with E-state index in [0.29, 0.717) is 16.9 Å². The van der Waals surface area contributed by atoms with E-state index in [2.05, 4.69) is 0 Å². The summed E-state index contributed by atoms with van der Waals surface area (Å²) in [5.41, 5.74) is 0.889. The summed E-state index contributed by atoms with van der Waals surface area (Å²) in [5, 5.41) is 21.0. The smallest absolute Gasteiger partial charge is 0.295 e. The normalized spacial score (nSPS) is 18.1. The van der Waals surface area contributed by atoms with Gasteiger partial charge in [-0.25, -0.2) is 0 Å². The number of amides is 1. The molecule has 0 aromatic heterocycles. The highest BCUT2D eigenvalue weighted by Crippen LogP contribution is 2.40. The first kappa shape index (κ1) is 23.3. The number of Topliss-reactive ketones (excluding diaryl/α,β-unsaturated/α-hetero) is 1. The molecule has 1 amide bonds. The summed E-state index contributed by atoms with van der Waals surface area (Å²) in [5.74, 6) is -1.14. The van der Waals surface area contributed by atoms with E-state index in [9.17, 15) is 19.8 Å². The summed E-state index contributed by atoms with van der Waals surface area (Å²) >= 11 is 0. The van der Waals surface area contributed by atoms with Crippen molar-refractivity contribution in [2.24, 2.45) is 0 Å². The molecule has 7 nitrogen and oxygen atoms in total. The molecule has 32 heavy (non-hydrogen) atoms. The number of ketones is 1. The van der Waals surface area contributed by atoms with Crippen molar-refractivity contribution >= 4 is 17.4 Å². The lowest BCUT2D eigenvalue weighted by Crippen LogP contribution is -2.33. The molecule has 1 fully saturated rings. The number of nitrogens with zero attached hydrogens (tertiary/aromatic N) is 1. The van der Waals surface area contributed by atoms with Gasteiger partial charge in [0.2, 0.25) is 0 Å². The first-order valence-corrected chi connectivity index (χ1v) is 10.6. The lowest BCUT2D eigenvalue weighted by Gasteiger charge is -2.25. The molecule has 1 aliphatic rings. The highest BCUT2D eigenvalue weighted by atomic mass is 16.5. The Labute approximate surface area is 187 Å². The molecule has 0 spiro atoms. The summed E-state index contributed by atoms with van der Waals surface area (Å²) in [6.07, 6.45) is -0.0313. The third kappa shape index (κ3) is 5.11. The van der Waals surface area contributed by atoms with E-state index in [4.69, 9.17) is 9.47 Å². The molecule has 1 aliphatic heterocycles. The fraction of sp³-hybridized carbons (Fsp3) is 0.360. The fourth-order valence-electron chi connectivity index (χ4n) is 3.66. The van der Waals surface area contributed by atoms with Crippen molar-refractivity contribution in [3.63, 3.8) is 0 Å². The molecular formula is C25H29NO6. The third-order valence-electron chi connectivity index (χ3n) is 5.01.